The maximum atomic E-state index is 13.7. The van der Waals surface area contributed by atoms with Gasteiger partial charge in [-0.25, -0.2) is 9.59 Å². The van der Waals surface area contributed by atoms with Gasteiger partial charge in [-0.3, -0.25) is 48.8 Å². The van der Waals surface area contributed by atoms with Crippen LogP contribution >= 0.6 is 0 Å². The zero-order chi connectivity index (χ0) is 41.8. The largest absolute Gasteiger partial charge is 0.466 e. The van der Waals surface area contributed by atoms with Crippen LogP contribution in [0, 0.1) is 10.8 Å². The second-order valence-corrected chi connectivity index (χ2v) is 15.6. The van der Waals surface area contributed by atoms with E-state index >= 15 is 0 Å². The van der Waals surface area contributed by atoms with Gasteiger partial charge in [0.25, 0.3) is 0 Å². The first kappa shape index (κ1) is 44.8. The molecule has 2 saturated carbocycles. The quantitative estimate of drug-likeness (QED) is 0.176. The number of imide groups is 4. The van der Waals surface area contributed by atoms with Crippen LogP contribution in [-0.2, 0) is 49.5 Å². The van der Waals surface area contributed by atoms with Crippen molar-refractivity contribution in [1.82, 2.24) is 20.0 Å². The van der Waals surface area contributed by atoms with Gasteiger partial charge in [0.15, 0.2) is 0 Å². The lowest BCUT2D eigenvalue weighted by molar-refractivity contribution is -0.162. The minimum absolute atomic E-state index is 0.0713. The monoisotopic (exact) mass is 794 g/mol. The standard InChI is InChI=1S/C24H32N2O3.C18H26N2O8/c1-24(17-18-11-5-2-6-12-18)21(27)25(19-13-7-3-8-14-19)23(29)26(22(24)28)20-15-9-4-10-16-20;1-4-27-13(22)7-10-18(9-6-12(3)21)15(24)19-17(26)20(16(18)25)11-8-14(23)28-5-2/h2,5-6,11-12,19-20H,3-4,7-10,13-17H2,1H3;4-11H2,1-3H3,(H,19,24,26). The first-order valence-corrected chi connectivity index (χ1v) is 20.4. The first-order chi connectivity index (χ1) is 27.2. The second-order valence-electron chi connectivity index (χ2n) is 15.6. The molecular weight excluding hydrogens is 736 g/mol. The molecule has 0 spiro atoms. The smallest absolute Gasteiger partial charge is 0.333 e. The summed E-state index contributed by atoms with van der Waals surface area (Å²) in [5, 5.41) is 2.10. The molecule has 2 saturated heterocycles. The van der Waals surface area contributed by atoms with Crippen molar-refractivity contribution in [3.63, 3.8) is 0 Å². The molecular formula is C42H58N4O11. The third-order valence-corrected chi connectivity index (χ3v) is 11.4. The van der Waals surface area contributed by atoms with Crippen LogP contribution in [-0.4, -0.2) is 100.0 Å². The lowest BCUT2D eigenvalue weighted by atomic mass is 9.75. The van der Waals surface area contributed by atoms with Crippen molar-refractivity contribution in [2.45, 2.75) is 143 Å². The summed E-state index contributed by atoms with van der Waals surface area (Å²) in [5.74, 6) is -3.73. The van der Waals surface area contributed by atoms with Gasteiger partial charge in [0, 0.05) is 31.5 Å². The SMILES string of the molecule is CC1(Cc2ccccc2)C(=O)N(C2CCCCC2)C(=O)N(C2CCCCC2)C1=O.CCOC(=O)CCN1C(=O)NC(=O)C(CCC(C)=O)(CCC(=O)OCC)C1=O. The molecule has 2 aliphatic heterocycles. The van der Waals surface area contributed by atoms with E-state index in [-0.39, 0.29) is 87.6 Å². The Labute approximate surface area is 334 Å². The van der Waals surface area contributed by atoms with Crippen molar-refractivity contribution in [1.29, 1.82) is 0 Å². The number of barbiturate groups is 2. The predicted molar refractivity (Wildman–Crippen MR) is 206 cm³/mol. The van der Waals surface area contributed by atoms with Crippen molar-refractivity contribution >= 4 is 53.4 Å². The molecule has 8 amide bonds. The van der Waals surface area contributed by atoms with Crippen LogP contribution in [0.3, 0.4) is 0 Å². The summed E-state index contributed by atoms with van der Waals surface area (Å²) in [7, 11) is 0. The maximum Gasteiger partial charge on any atom is 0.333 e. The molecule has 1 unspecified atom stereocenters. The highest BCUT2D eigenvalue weighted by Gasteiger charge is 2.57. The number of esters is 2. The molecule has 57 heavy (non-hydrogen) atoms. The number of ketones is 1. The first-order valence-electron chi connectivity index (χ1n) is 20.4. The average Bonchev–Trinajstić information content (AvgIpc) is 3.19. The van der Waals surface area contributed by atoms with Gasteiger partial charge in [-0.05, 0) is 78.2 Å². The van der Waals surface area contributed by atoms with E-state index in [9.17, 15) is 43.2 Å². The number of rotatable bonds is 15. The molecule has 1 N–H and O–H groups in total. The molecule has 1 aromatic rings. The number of urea groups is 2. The number of Topliss-reactive ketones (excluding diaryl/α,β-unsaturated/α-hetero) is 1. The Morgan fingerprint density at radius 3 is 1.68 bits per heavy atom. The van der Waals surface area contributed by atoms with Crippen LogP contribution in [0.2, 0.25) is 0 Å². The van der Waals surface area contributed by atoms with Gasteiger partial charge in [-0.1, -0.05) is 68.9 Å². The predicted octanol–water partition coefficient (Wildman–Crippen LogP) is 5.41. The molecule has 0 radical (unpaired) electrons. The Balaban J connectivity index is 0.000000253. The number of hydrogen-bond donors (Lipinski definition) is 1. The number of ether oxygens (including phenoxy) is 2. The Morgan fingerprint density at radius 1 is 0.702 bits per heavy atom. The van der Waals surface area contributed by atoms with E-state index in [0.29, 0.717) is 6.42 Å². The number of amides is 8. The van der Waals surface area contributed by atoms with Crippen LogP contribution in [0.4, 0.5) is 9.59 Å². The molecule has 2 aliphatic carbocycles. The topological polar surface area (TPSA) is 194 Å². The summed E-state index contributed by atoms with van der Waals surface area (Å²) >= 11 is 0. The summed E-state index contributed by atoms with van der Waals surface area (Å²) in [6.07, 6.45) is 9.28. The van der Waals surface area contributed by atoms with Gasteiger partial charge in [0.05, 0.1) is 19.6 Å². The van der Waals surface area contributed by atoms with Gasteiger partial charge < -0.3 is 14.3 Å². The zero-order valence-corrected chi connectivity index (χ0v) is 33.8. The van der Waals surface area contributed by atoms with Gasteiger partial charge in [0.2, 0.25) is 23.6 Å². The zero-order valence-electron chi connectivity index (χ0n) is 33.8. The highest BCUT2D eigenvalue weighted by Crippen LogP contribution is 2.40. The Bertz CT molecular complexity index is 1630. The number of carbonyl (C=O) groups is 9. The van der Waals surface area contributed by atoms with E-state index < -0.39 is 40.6 Å². The van der Waals surface area contributed by atoms with Crippen LogP contribution in [0.5, 0.6) is 0 Å². The number of nitrogens with one attached hydrogen (secondary N) is 1. The summed E-state index contributed by atoms with van der Waals surface area (Å²) in [6.45, 7) is 6.33. The van der Waals surface area contributed by atoms with Gasteiger partial charge in [-0.15, -0.1) is 0 Å². The Hall–Kier alpha value is -4.95. The molecule has 15 heteroatoms. The van der Waals surface area contributed by atoms with E-state index in [1.54, 1.807) is 20.8 Å². The minimum atomic E-state index is -1.76. The van der Waals surface area contributed by atoms with E-state index in [2.05, 4.69) is 5.32 Å². The third kappa shape index (κ3) is 10.7. The Kier molecular flexibility index (Phi) is 16.1. The summed E-state index contributed by atoms with van der Waals surface area (Å²) in [4.78, 5) is 117. The van der Waals surface area contributed by atoms with Crippen LogP contribution in [0.15, 0.2) is 30.3 Å². The highest BCUT2D eigenvalue weighted by atomic mass is 16.5. The Morgan fingerprint density at radius 2 is 1.19 bits per heavy atom. The van der Waals surface area contributed by atoms with Crippen molar-refractivity contribution in [2.75, 3.05) is 19.8 Å². The van der Waals surface area contributed by atoms with Gasteiger partial charge in [0.1, 0.15) is 16.6 Å². The molecule has 2 heterocycles. The van der Waals surface area contributed by atoms with E-state index in [0.717, 1.165) is 74.7 Å². The van der Waals surface area contributed by atoms with Crippen LogP contribution in [0.25, 0.3) is 0 Å². The van der Waals surface area contributed by atoms with E-state index in [1.807, 2.05) is 30.3 Å². The summed E-state index contributed by atoms with van der Waals surface area (Å²) < 4.78 is 9.62. The minimum Gasteiger partial charge on any atom is -0.466 e. The van der Waals surface area contributed by atoms with Gasteiger partial charge in [-0.2, -0.15) is 0 Å². The van der Waals surface area contributed by atoms with Gasteiger partial charge >= 0.3 is 24.0 Å². The lowest BCUT2D eigenvalue weighted by Crippen LogP contribution is -2.69. The fraction of sp³-hybridized carbons (Fsp3) is 0.643. The molecule has 4 fully saturated rings. The van der Waals surface area contributed by atoms with E-state index in [4.69, 9.17) is 9.47 Å². The highest BCUT2D eigenvalue weighted by molar-refractivity contribution is 6.20. The van der Waals surface area contributed by atoms with Crippen LogP contribution < -0.4 is 5.32 Å². The third-order valence-electron chi connectivity index (χ3n) is 11.4. The molecule has 5 rings (SSSR count). The maximum absolute atomic E-state index is 13.7. The summed E-state index contributed by atoms with van der Waals surface area (Å²) in [6, 6.07) is 8.26. The number of hydrogen-bond acceptors (Lipinski definition) is 11. The summed E-state index contributed by atoms with van der Waals surface area (Å²) in [5.41, 5.74) is -2.02. The lowest BCUT2D eigenvalue weighted by Gasteiger charge is -2.48. The second kappa shape index (κ2) is 20.5. The average molecular weight is 795 g/mol. The molecule has 4 aliphatic rings. The number of carbonyl (C=O) groups excluding carboxylic acids is 9. The number of benzene rings is 1. The van der Waals surface area contributed by atoms with Crippen molar-refractivity contribution in [3.05, 3.63) is 35.9 Å². The molecule has 312 valence electrons. The molecule has 0 aromatic heterocycles. The fourth-order valence-corrected chi connectivity index (χ4v) is 8.27. The molecule has 1 atom stereocenters. The molecule has 1 aromatic carbocycles. The molecule has 0 bridgehead atoms. The fourth-order valence-electron chi connectivity index (χ4n) is 8.27. The van der Waals surface area contributed by atoms with Crippen molar-refractivity contribution in [2.24, 2.45) is 10.8 Å². The van der Waals surface area contributed by atoms with Crippen LogP contribution in [0.1, 0.15) is 130 Å². The van der Waals surface area contributed by atoms with Crippen molar-refractivity contribution in [3.8, 4) is 0 Å². The van der Waals surface area contributed by atoms with E-state index in [1.165, 1.54) is 16.7 Å². The number of nitrogens with zero attached hydrogens (tertiary/aromatic N) is 3. The van der Waals surface area contributed by atoms with Crippen molar-refractivity contribution < 1.29 is 52.6 Å². The normalized spacial score (nSPS) is 21.8. The molecule has 15 nitrogen and oxygen atoms in total.